The molecule has 3 aliphatic heterocycles. The van der Waals surface area contributed by atoms with Gasteiger partial charge in [0.25, 0.3) is 40.5 Å². The summed E-state index contributed by atoms with van der Waals surface area (Å²) in [6, 6.07) is 0. The minimum Gasteiger partial charge on any atom is -0.780 e. The first-order chi connectivity index (χ1) is 35.7. The molecule has 3 saturated heterocycles. The number of imidazole rings is 3. The van der Waals surface area contributed by atoms with Gasteiger partial charge in [0.1, 0.15) is 73.5 Å². The molecular formula is C33H42N15O23P4S-3. The van der Waals surface area contributed by atoms with Crippen LogP contribution in [0.3, 0.4) is 0 Å². The first kappa shape index (κ1) is 56.0. The lowest BCUT2D eigenvalue weighted by Gasteiger charge is -2.36. The third kappa shape index (κ3) is 11.1. The van der Waals surface area contributed by atoms with E-state index >= 15 is 0 Å². The molecule has 9 heterocycles. The Balaban J connectivity index is 0.866. The Morgan fingerprint density at radius 2 is 1.29 bits per heavy atom. The number of hydrogen-bond acceptors (Lipinski definition) is 33. The minimum absolute atomic E-state index is 0.00546. The maximum atomic E-state index is 13.9. The highest BCUT2D eigenvalue weighted by atomic mass is 32.5. The van der Waals surface area contributed by atoms with Crippen molar-refractivity contribution in [3.8, 4) is 0 Å². The number of rotatable bonds is 20. The Kier molecular flexibility index (Phi) is 15.6. The average Bonchev–Trinajstić information content (AvgIpc) is 4.18. The maximum Gasteiger partial charge on any atom is 0.313 e. The van der Waals surface area contributed by atoms with Gasteiger partial charge in [-0.2, -0.15) is 4.98 Å². The number of aromatic nitrogens is 12. The number of nitrogens with one attached hydrogen (secondary N) is 2. The van der Waals surface area contributed by atoms with Crippen LogP contribution < -0.4 is 52.5 Å². The summed E-state index contributed by atoms with van der Waals surface area (Å²) in [5.41, 5.74) is 15.7. The maximum absolute atomic E-state index is 13.9. The lowest BCUT2D eigenvalue weighted by Crippen LogP contribution is -2.46. The molecule has 0 radical (unpaired) electrons. The number of nitrogen functional groups attached to an aromatic ring is 3. The van der Waals surface area contributed by atoms with E-state index in [1.807, 2.05) is 0 Å². The summed E-state index contributed by atoms with van der Waals surface area (Å²) in [7, 11) is -15.2. The van der Waals surface area contributed by atoms with Crippen LogP contribution in [0.25, 0.3) is 33.5 Å². The van der Waals surface area contributed by atoms with Crippen molar-refractivity contribution < 1.29 is 104 Å². The summed E-state index contributed by atoms with van der Waals surface area (Å²) >= 11 is 5.15. The number of anilines is 3. The molecule has 0 amide bonds. The summed E-state index contributed by atoms with van der Waals surface area (Å²) < 4.78 is 101. The zero-order valence-electron chi connectivity index (χ0n) is 38.8. The Morgan fingerprint density at radius 1 is 0.711 bits per heavy atom. The second kappa shape index (κ2) is 21.1. The third-order valence-electron chi connectivity index (χ3n) is 11.8. The van der Waals surface area contributed by atoms with Gasteiger partial charge >= 0.3 is 5.65 Å². The van der Waals surface area contributed by atoms with Crippen LogP contribution in [0, 0.1) is 0 Å². The average molecular weight is 1170 g/mol. The van der Waals surface area contributed by atoms with Crippen molar-refractivity contribution in [2.75, 3.05) is 51.2 Å². The van der Waals surface area contributed by atoms with E-state index in [0.29, 0.717) is 0 Å². The van der Waals surface area contributed by atoms with Crippen LogP contribution in [-0.2, 0) is 83.0 Å². The number of aliphatic hydroxyl groups is 3. The molecular weight excluding hydrogens is 1130 g/mol. The van der Waals surface area contributed by atoms with Gasteiger partial charge in [0.15, 0.2) is 41.4 Å². The SMILES string of the molecule is COC1[C@@H](COP(=O)([O-])OP(=O)([O-])OP(=O)([O-])OC[C@H]2O[C@@H](n3cnc4c(N)ncnc43)[C@@H](OC)C2OP([O-])(=S)OC[C@H]2O[C@@H](n3cnc4c(=O)[nH]c(N)nc43)C(O)[C@H]2O)O[C@@H]([n+]2cn(C)c3c(=O)[nH]c(N)nc32)[C@H]1O. The minimum atomic E-state index is -6.53. The molecule has 11 N–H and O–H groups in total. The monoisotopic (exact) mass is 1170 g/mol. The van der Waals surface area contributed by atoms with Gasteiger partial charge in [-0.05, 0) is 0 Å². The molecule has 76 heavy (non-hydrogen) atoms. The fourth-order valence-electron chi connectivity index (χ4n) is 8.54. The second-order valence-corrected chi connectivity index (χ2v) is 23.8. The number of aliphatic hydroxyl groups excluding tert-OH is 3. The zero-order valence-corrected chi connectivity index (χ0v) is 43.2. The highest BCUT2D eigenvalue weighted by molar-refractivity contribution is 8.06. The van der Waals surface area contributed by atoms with E-state index in [1.165, 1.54) is 27.1 Å². The largest absolute Gasteiger partial charge is 0.780 e. The van der Waals surface area contributed by atoms with E-state index < -0.39 is 135 Å². The molecule has 0 spiro atoms. The lowest BCUT2D eigenvalue weighted by molar-refractivity contribution is -0.745. The second-order valence-electron chi connectivity index (χ2n) is 16.6. The molecule has 43 heteroatoms. The number of phosphoric ester groups is 2. The summed E-state index contributed by atoms with van der Waals surface area (Å²) in [6.45, 7) is -8.15. The summed E-state index contributed by atoms with van der Waals surface area (Å²) in [4.78, 5) is 106. The van der Waals surface area contributed by atoms with Crippen LogP contribution in [0.2, 0.25) is 0 Å². The number of methoxy groups -OCH3 is 2. The predicted octanol–water partition coefficient (Wildman–Crippen LogP) is -6.47. The molecule has 0 bridgehead atoms. The molecule has 6 aromatic rings. The van der Waals surface area contributed by atoms with Crippen molar-refractivity contribution in [1.82, 2.24) is 53.6 Å². The van der Waals surface area contributed by atoms with Crippen LogP contribution in [0.15, 0.2) is 34.9 Å². The van der Waals surface area contributed by atoms with E-state index in [9.17, 15) is 58.2 Å². The molecule has 3 aliphatic rings. The Labute approximate surface area is 427 Å². The van der Waals surface area contributed by atoms with E-state index in [1.54, 1.807) is 0 Å². The lowest BCUT2D eigenvalue weighted by atomic mass is 10.1. The number of nitrogens with zero attached hydrogens (tertiary/aromatic N) is 10. The van der Waals surface area contributed by atoms with Crippen LogP contribution in [0.5, 0.6) is 0 Å². The van der Waals surface area contributed by atoms with Gasteiger partial charge in [0, 0.05) is 14.2 Å². The first-order valence-corrected chi connectivity index (χ1v) is 28.4. The predicted molar refractivity (Wildman–Crippen MR) is 242 cm³/mol. The van der Waals surface area contributed by atoms with Crippen molar-refractivity contribution in [1.29, 1.82) is 0 Å². The van der Waals surface area contributed by atoms with E-state index in [0.717, 1.165) is 37.8 Å². The Morgan fingerprint density at radius 3 is 1.95 bits per heavy atom. The highest BCUT2D eigenvalue weighted by Gasteiger charge is 2.51. The van der Waals surface area contributed by atoms with Crippen LogP contribution >= 0.6 is 30.2 Å². The molecule has 0 aliphatic carbocycles. The molecule has 0 saturated carbocycles. The molecule has 416 valence electrons. The molecule has 0 aromatic carbocycles. The quantitative estimate of drug-likeness (QED) is 0.0260. The van der Waals surface area contributed by atoms with Gasteiger partial charge in [0.05, 0.1) is 39.5 Å². The van der Waals surface area contributed by atoms with Gasteiger partial charge in [0.2, 0.25) is 17.7 Å². The Hall–Kier alpha value is -4.73. The van der Waals surface area contributed by atoms with Gasteiger partial charge in [-0.3, -0.25) is 47.0 Å². The number of H-pyrrole nitrogens is 2. The normalized spacial score (nSPS) is 30.2. The molecule has 16 atom stereocenters. The summed E-state index contributed by atoms with van der Waals surface area (Å²) in [5, 5.41) is 32.9. The van der Waals surface area contributed by atoms with Gasteiger partial charge in [-0.15, -0.1) is 0 Å². The number of fused-ring (bicyclic) bond motifs is 3. The van der Waals surface area contributed by atoms with Crippen molar-refractivity contribution in [3.63, 3.8) is 0 Å². The summed E-state index contributed by atoms with van der Waals surface area (Å²) in [5.74, 6) is -0.669. The molecule has 9 rings (SSSR count). The number of hydrogen-bond donors (Lipinski definition) is 8. The molecule has 3 fully saturated rings. The molecule has 7 unspecified atom stereocenters. The topological polar surface area (TPSA) is 545 Å². The zero-order chi connectivity index (χ0) is 55.0. The number of ether oxygens (including phenoxy) is 5. The van der Waals surface area contributed by atoms with Crippen LogP contribution in [0.1, 0.15) is 18.7 Å². The standard InChI is InChI=1S/C33H45N15O23P4S/c1-45-10-48(26-16(45)28(53)44-33(36)42-26)30-19(51)20(61-2)12(67-30)5-63-72(54,55)70-74(58,59)71-73(56,57)64-6-13-21(22(62-3)31(68-13)46-8-39-14-23(34)37-7-38-24(14)46)69-75(60,76)65-4-11-17(49)18(50)29(66-11)47-9-40-15-25(47)41-32(35)43-27(15)52/h7-13,17-22,29-31,49-51H,4-6H2,1-3H3,(H11-,34,35,36,37,38,41,42,43,44,52,53,54,55,56,57,58,59,60,76)/p-3/t11-,12-,13-,17+,18?,19+,20?,21?,22+,29-,30-,31-,75?/m1/s1. The van der Waals surface area contributed by atoms with E-state index in [4.69, 9.17) is 66.3 Å². The van der Waals surface area contributed by atoms with Crippen molar-refractivity contribution >= 4 is 93.2 Å². The van der Waals surface area contributed by atoms with Gasteiger partial charge in [-0.1, -0.05) is 16.8 Å². The number of phosphoric acid groups is 3. The Bertz CT molecular complexity index is 3490. The fourth-order valence-corrected chi connectivity index (χ4v) is 13.3. The van der Waals surface area contributed by atoms with E-state index in [2.05, 4.69) is 53.0 Å². The highest BCUT2D eigenvalue weighted by Crippen LogP contribution is 2.63. The van der Waals surface area contributed by atoms with Crippen LogP contribution in [-0.4, -0.2) is 158 Å². The first-order valence-electron chi connectivity index (χ1n) is 21.5. The van der Waals surface area contributed by atoms with E-state index in [-0.39, 0.29) is 51.2 Å². The molecule has 38 nitrogen and oxygen atoms in total. The smallest absolute Gasteiger partial charge is 0.313 e. The summed E-state index contributed by atoms with van der Waals surface area (Å²) in [6.07, 6.45) is -14.3. The van der Waals surface area contributed by atoms with Crippen molar-refractivity contribution in [2.45, 2.75) is 73.6 Å². The van der Waals surface area contributed by atoms with Crippen molar-refractivity contribution in [3.05, 3.63) is 46.0 Å². The fraction of sp³-hybridized carbons (Fsp3) is 0.545. The van der Waals surface area contributed by atoms with Gasteiger partial charge < -0.3 is 93.9 Å². The molecule has 6 aromatic heterocycles. The number of nitrogens with two attached hydrogens (primary N) is 3. The van der Waals surface area contributed by atoms with Crippen LogP contribution in [0.4, 0.5) is 17.7 Å². The van der Waals surface area contributed by atoms with Crippen molar-refractivity contribution in [2.24, 2.45) is 7.05 Å². The number of aryl methyl sites for hydroxylation is 1. The number of aromatic amines is 2. The van der Waals surface area contributed by atoms with Gasteiger partial charge in [-0.25, -0.2) is 33.1 Å². The third-order valence-corrected chi connectivity index (χ3v) is 17.4.